The van der Waals surface area contributed by atoms with E-state index in [0.717, 1.165) is 5.57 Å². The highest BCUT2D eigenvalue weighted by Crippen LogP contribution is 2.15. The zero-order valence-corrected chi connectivity index (χ0v) is 9.54. The smallest absolute Gasteiger partial charge is 0.302 e. The van der Waals surface area contributed by atoms with Crippen LogP contribution in [0, 0.1) is 11.8 Å². The molecular formula is C12H20O2. The Labute approximate surface area is 86.6 Å². The molecule has 0 bridgehead atoms. The number of allylic oxidation sites excluding steroid dienone is 2. The van der Waals surface area contributed by atoms with Crippen LogP contribution in [-0.2, 0) is 9.53 Å². The van der Waals surface area contributed by atoms with Crippen LogP contribution >= 0.6 is 0 Å². The quantitative estimate of drug-likeness (QED) is 0.499. The van der Waals surface area contributed by atoms with Gasteiger partial charge in [-0.25, -0.2) is 0 Å². The lowest BCUT2D eigenvalue weighted by Crippen LogP contribution is -2.06. The molecule has 1 atom stereocenters. The number of carbonyl (C=O) groups excluding carboxylic acids is 1. The van der Waals surface area contributed by atoms with Gasteiger partial charge in [-0.2, -0.15) is 0 Å². The molecule has 80 valence electrons. The predicted octanol–water partition coefficient (Wildman–Crippen LogP) is 2.95. The minimum absolute atomic E-state index is 0.238. The molecule has 0 aliphatic heterocycles. The van der Waals surface area contributed by atoms with Gasteiger partial charge in [-0.3, -0.25) is 4.79 Å². The van der Waals surface area contributed by atoms with Crippen molar-refractivity contribution in [2.75, 3.05) is 6.61 Å². The van der Waals surface area contributed by atoms with Crippen LogP contribution in [0.3, 0.4) is 0 Å². The molecule has 0 aliphatic rings. The van der Waals surface area contributed by atoms with E-state index in [0.29, 0.717) is 18.4 Å². The number of rotatable bonds is 5. The first kappa shape index (κ1) is 12.9. The normalized spacial score (nSPS) is 13.9. The maximum absolute atomic E-state index is 10.6. The van der Waals surface area contributed by atoms with Gasteiger partial charge in [0.2, 0.25) is 0 Å². The van der Waals surface area contributed by atoms with Crippen LogP contribution in [-0.4, -0.2) is 12.6 Å². The summed E-state index contributed by atoms with van der Waals surface area (Å²) in [6.45, 7) is 11.8. The van der Waals surface area contributed by atoms with Gasteiger partial charge in [0.25, 0.3) is 0 Å². The molecule has 1 unspecified atom stereocenters. The van der Waals surface area contributed by atoms with E-state index in [1.807, 2.05) is 13.0 Å². The number of hydrogen-bond acceptors (Lipinski definition) is 2. The maximum atomic E-state index is 10.6. The zero-order valence-electron chi connectivity index (χ0n) is 9.54. The molecule has 0 radical (unpaired) electrons. The molecule has 0 amide bonds. The molecule has 0 saturated carbocycles. The molecule has 0 rings (SSSR count). The Kier molecular flexibility index (Phi) is 5.93. The second-order valence-corrected chi connectivity index (χ2v) is 3.85. The van der Waals surface area contributed by atoms with Crippen LogP contribution in [0.15, 0.2) is 24.3 Å². The highest BCUT2D eigenvalue weighted by molar-refractivity contribution is 5.66. The molecule has 2 heteroatoms. The lowest BCUT2D eigenvalue weighted by atomic mass is 9.94. The van der Waals surface area contributed by atoms with Crippen molar-refractivity contribution in [1.29, 1.82) is 0 Å². The van der Waals surface area contributed by atoms with Crippen molar-refractivity contribution in [3.05, 3.63) is 24.3 Å². The standard InChI is InChI=1S/C12H20O2/c1-6-12(9(2)3)7-10(4)8-14-11(5)13/h6-7,9,12H,1,8H2,2-5H3. The van der Waals surface area contributed by atoms with Crippen LogP contribution < -0.4 is 0 Å². The number of carbonyl (C=O) groups is 1. The van der Waals surface area contributed by atoms with Gasteiger partial charge >= 0.3 is 5.97 Å². The highest BCUT2D eigenvalue weighted by atomic mass is 16.5. The SMILES string of the molecule is C=CC(C=C(C)COC(C)=O)C(C)C. The van der Waals surface area contributed by atoms with Crippen molar-refractivity contribution in [3.8, 4) is 0 Å². The third kappa shape index (κ3) is 5.57. The van der Waals surface area contributed by atoms with Crippen LogP contribution in [0.4, 0.5) is 0 Å². The molecule has 0 heterocycles. The lowest BCUT2D eigenvalue weighted by Gasteiger charge is -2.13. The average Bonchev–Trinajstić information content (AvgIpc) is 2.10. The molecule has 0 spiro atoms. The molecule has 0 saturated heterocycles. The molecule has 14 heavy (non-hydrogen) atoms. The Morgan fingerprint density at radius 2 is 2.00 bits per heavy atom. The monoisotopic (exact) mass is 196 g/mol. The van der Waals surface area contributed by atoms with Gasteiger partial charge in [0.05, 0.1) is 0 Å². The Bertz CT molecular complexity index is 226. The van der Waals surface area contributed by atoms with Gasteiger partial charge in [-0.05, 0) is 24.3 Å². The van der Waals surface area contributed by atoms with Gasteiger partial charge in [0, 0.05) is 6.92 Å². The van der Waals surface area contributed by atoms with Gasteiger partial charge < -0.3 is 4.74 Å². The number of ether oxygens (including phenoxy) is 1. The van der Waals surface area contributed by atoms with Gasteiger partial charge in [-0.15, -0.1) is 6.58 Å². The summed E-state index contributed by atoms with van der Waals surface area (Å²) >= 11 is 0. The van der Waals surface area contributed by atoms with Crippen molar-refractivity contribution < 1.29 is 9.53 Å². The van der Waals surface area contributed by atoms with Crippen LogP contribution in [0.5, 0.6) is 0 Å². The van der Waals surface area contributed by atoms with Gasteiger partial charge in [0.15, 0.2) is 0 Å². The van der Waals surface area contributed by atoms with Crippen molar-refractivity contribution >= 4 is 5.97 Å². The van der Waals surface area contributed by atoms with E-state index in [2.05, 4.69) is 26.5 Å². The Morgan fingerprint density at radius 3 is 2.36 bits per heavy atom. The second kappa shape index (κ2) is 6.41. The van der Waals surface area contributed by atoms with E-state index in [1.165, 1.54) is 6.92 Å². The minimum atomic E-state index is -0.238. The number of esters is 1. The maximum Gasteiger partial charge on any atom is 0.302 e. The lowest BCUT2D eigenvalue weighted by molar-refractivity contribution is -0.139. The van der Waals surface area contributed by atoms with Gasteiger partial charge in [0.1, 0.15) is 6.61 Å². The zero-order chi connectivity index (χ0) is 11.1. The van der Waals surface area contributed by atoms with E-state index >= 15 is 0 Å². The third-order valence-electron chi connectivity index (χ3n) is 2.02. The summed E-state index contributed by atoms with van der Waals surface area (Å²) in [6.07, 6.45) is 4.02. The molecule has 0 N–H and O–H groups in total. The van der Waals surface area contributed by atoms with Crippen molar-refractivity contribution in [2.45, 2.75) is 27.7 Å². The van der Waals surface area contributed by atoms with Crippen LogP contribution in [0.2, 0.25) is 0 Å². The first-order chi connectivity index (χ1) is 6.47. The first-order valence-electron chi connectivity index (χ1n) is 4.90. The van der Waals surface area contributed by atoms with Crippen LogP contribution in [0.1, 0.15) is 27.7 Å². The fraction of sp³-hybridized carbons (Fsp3) is 0.583. The highest BCUT2D eigenvalue weighted by Gasteiger charge is 2.06. The van der Waals surface area contributed by atoms with E-state index in [4.69, 9.17) is 4.74 Å². The van der Waals surface area contributed by atoms with Crippen molar-refractivity contribution in [2.24, 2.45) is 11.8 Å². The fourth-order valence-corrected chi connectivity index (χ4v) is 1.12. The fourth-order valence-electron chi connectivity index (χ4n) is 1.12. The molecular weight excluding hydrogens is 176 g/mol. The third-order valence-corrected chi connectivity index (χ3v) is 2.02. The molecule has 0 aromatic rings. The van der Waals surface area contributed by atoms with E-state index in [1.54, 1.807) is 0 Å². The van der Waals surface area contributed by atoms with E-state index in [9.17, 15) is 4.79 Å². The number of hydrogen-bond donors (Lipinski definition) is 0. The molecule has 2 nitrogen and oxygen atoms in total. The van der Waals surface area contributed by atoms with Crippen molar-refractivity contribution in [3.63, 3.8) is 0 Å². The second-order valence-electron chi connectivity index (χ2n) is 3.85. The first-order valence-corrected chi connectivity index (χ1v) is 4.90. The minimum Gasteiger partial charge on any atom is -0.461 e. The Hall–Kier alpha value is -1.05. The summed E-state index contributed by atoms with van der Waals surface area (Å²) in [5.74, 6) is 0.641. The Balaban J connectivity index is 4.18. The molecule has 0 fully saturated rings. The summed E-state index contributed by atoms with van der Waals surface area (Å²) in [5.41, 5.74) is 1.07. The average molecular weight is 196 g/mol. The largest absolute Gasteiger partial charge is 0.461 e. The molecule has 0 aromatic carbocycles. The Morgan fingerprint density at radius 1 is 1.43 bits per heavy atom. The molecule has 0 aliphatic carbocycles. The van der Waals surface area contributed by atoms with Crippen LogP contribution in [0.25, 0.3) is 0 Å². The summed E-state index contributed by atoms with van der Waals surface area (Å²) in [5, 5.41) is 0. The van der Waals surface area contributed by atoms with E-state index < -0.39 is 0 Å². The predicted molar refractivity (Wildman–Crippen MR) is 58.9 cm³/mol. The van der Waals surface area contributed by atoms with E-state index in [-0.39, 0.29) is 5.97 Å². The van der Waals surface area contributed by atoms with Gasteiger partial charge in [-0.1, -0.05) is 26.0 Å². The summed E-state index contributed by atoms with van der Waals surface area (Å²) in [4.78, 5) is 10.6. The summed E-state index contributed by atoms with van der Waals surface area (Å²) in [7, 11) is 0. The van der Waals surface area contributed by atoms with Crippen molar-refractivity contribution in [1.82, 2.24) is 0 Å². The topological polar surface area (TPSA) is 26.3 Å². The summed E-state index contributed by atoms with van der Waals surface area (Å²) < 4.78 is 4.89. The summed E-state index contributed by atoms with van der Waals surface area (Å²) in [6, 6.07) is 0. The molecule has 0 aromatic heterocycles.